The van der Waals surface area contributed by atoms with Crippen LogP contribution >= 0.6 is 7.82 Å². The number of carbonyl (C=O) groups excluding carboxylic acids is 1. The van der Waals surface area contributed by atoms with Gasteiger partial charge in [0.2, 0.25) is 0 Å². The van der Waals surface area contributed by atoms with E-state index in [0.29, 0.717) is 13.0 Å². The van der Waals surface area contributed by atoms with Gasteiger partial charge < -0.3 is 25.2 Å². The summed E-state index contributed by atoms with van der Waals surface area (Å²) in [6, 6.07) is -1.47. The van der Waals surface area contributed by atoms with Crippen LogP contribution in [0.5, 0.6) is 0 Å². The van der Waals surface area contributed by atoms with E-state index in [4.69, 9.17) is 29.4 Å². The van der Waals surface area contributed by atoms with E-state index < -0.39 is 45.1 Å². The van der Waals surface area contributed by atoms with E-state index in [9.17, 15) is 19.0 Å². The lowest BCUT2D eigenvalue weighted by atomic mass is 10.0. The average Bonchev–Trinajstić information content (AvgIpc) is 3.28. The minimum Gasteiger partial charge on any atom is -0.480 e. The molecular formula is C53H100NO9P. The minimum atomic E-state index is -4.62. The van der Waals surface area contributed by atoms with Crippen molar-refractivity contribution in [2.75, 3.05) is 26.4 Å². The largest absolute Gasteiger partial charge is 0.480 e. The summed E-state index contributed by atoms with van der Waals surface area (Å²) in [5.74, 6) is -1.77. The fraction of sp³-hybridized carbons (Fsp3) is 0.849. The van der Waals surface area contributed by atoms with E-state index in [0.717, 1.165) is 51.4 Å². The number of phosphoric acid groups is 1. The Morgan fingerprint density at radius 2 is 0.859 bits per heavy atom. The molecule has 0 heterocycles. The molecule has 4 N–H and O–H groups in total. The standard InChI is InChI=1S/C53H100NO9P/c1-3-5-7-9-11-13-15-17-19-21-23-25-26-27-29-31-33-35-37-39-41-43-45-52(55)63-50(48-61-64(58,59)62-49-51(54)53(56)57)47-60-46-44-42-40-38-36-34-32-30-28-24-22-20-18-16-14-12-10-8-6-4-2/h12,14,18,20,24,28,50-51H,3-11,13,15-17,19,21-23,25-27,29-49,54H2,1-2H3,(H,56,57)(H,58,59)/b14-12-,20-18-,28-24-. The molecule has 0 bridgehead atoms. The molecular weight excluding hydrogens is 826 g/mol. The van der Waals surface area contributed by atoms with E-state index in [1.165, 1.54) is 173 Å². The quantitative estimate of drug-likeness (QED) is 0.0232. The minimum absolute atomic E-state index is 0.0131. The second-order valence-electron chi connectivity index (χ2n) is 18.0. The average molecular weight is 926 g/mol. The molecule has 0 aromatic rings. The number of esters is 1. The summed E-state index contributed by atoms with van der Waals surface area (Å²) in [4.78, 5) is 33.7. The molecule has 0 fully saturated rings. The van der Waals surface area contributed by atoms with Gasteiger partial charge in [-0.25, -0.2) is 4.57 Å². The number of carboxylic acid groups (broad SMARTS) is 1. The van der Waals surface area contributed by atoms with Crippen LogP contribution in [-0.2, 0) is 32.7 Å². The zero-order valence-electron chi connectivity index (χ0n) is 41.4. The summed E-state index contributed by atoms with van der Waals surface area (Å²) in [5.41, 5.74) is 5.38. The second kappa shape index (κ2) is 49.1. The highest BCUT2D eigenvalue weighted by Gasteiger charge is 2.27. The Kier molecular flexibility index (Phi) is 47.7. The van der Waals surface area contributed by atoms with E-state index in [1.807, 2.05) is 0 Å². The Morgan fingerprint density at radius 1 is 0.500 bits per heavy atom. The summed E-state index contributed by atoms with van der Waals surface area (Å²) in [6.45, 7) is 3.88. The number of carboxylic acids is 1. The second-order valence-corrected chi connectivity index (χ2v) is 19.5. The highest BCUT2D eigenvalue weighted by Crippen LogP contribution is 2.43. The van der Waals surface area contributed by atoms with Crippen LogP contribution < -0.4 is 5.73 Å². The number of carbonyl (C=O) groups is 2. The van der Waals surface area contributed by atoms with Gasteiger partial charge in [0, 0.05) is 13.0 Å². The number of hydrogen-bond acceptors (Lipinski definition) is 8. The molecule has 0 saturated heterocycles. The molecule has 0 spiro atoms. The summed E-state index contributed by atoms with van der Waals surface area (Å²) in [7, 11) is -4.62. The molecule has 3 unspecified atom stereocenters. The Labute approximate surface area is 393 Å². The van der Waals surface area contributed by atoms with Crippen molar-refractivity contribution in [2.45, 2.75) is 264 Å². The van der Waals surface area contributed by atoms with Crippen molar-refractivity contribution in [3.05, 3.63) is 36.5 Å². The van der Waals surface area contributed by atoms with Crippen LogP contribution in [0.25, 0.3) is 0 Å². The summed E-state index contributed by atoms with van der Waals surface area (Å²) < 4.78 is 33.5. The smallest absolute Gasteiger partial charge is 0.472 e. The molecule has 0 radical (unpaired) electrons. The van der Waals surface area contributed by atoms with Crippen molar-refractivity contribution < 1.29 is 42.7 Å². The van der Waals surface area contributed by atoms with Crippen LogP contribution in [0.4, 0.5) is 0 Å². The van der Waals surface area contributed by atoms with E-state index in [2.05, 4.69) is 50.3 Å². The topological polar surface area (TPSA) is 155 Å². The highest BCUT2D eigenvalue weighted by molar-refractivity contribution is 7.47. The first-order valence-electron chi connectivity index (χ1n) is 26.5. The molecule has 0 aromatic carbocycles. The maximum Gasteiger partial charge on any atom is 0.472 e. The Bertz CT molecular complexity index is 1160. The van der Waals surface area contributed by atoms with Crippen LogP contribution in [-0.4, -0.2) is 60.5 Å². The van der Waals surface area contributed by atoms with E-state index >= 15 is 0 Å². The Morgan fingerprint density at radius 3 is 1.31 bits per heavy atom. The van der Waals surface area contributed by atoms with Crippen LogP contribution in [0.15, 0.2) is 36.5 Å². The lowest BCUT2D eigenvalue weighted by Gasteiger charge is -2.20. The Hall–Kier alpha value is -1.81. The molecule has 64 heavy (non-hydrogen) atoms. The third-order valence-corrected chi connectivity index (χ3v) is 12.6. The molecule has 0 rings (SSSR count). The SMILES string of the molecule is CCCCC/C=C\C/C=C\C/C=C\CCCCCCCCCOCC(COP(=O)(O)OCC(N)C(=O)O)OC(=O)CCCCCCCCCCCCCCCCCCCCCCCC. The number of aliphatic carboxylic acids is 1. The molecule has 0 saturated carbocycles. The van der Waals surface area contributed by atoms with Gasteiger partial charge in [0.1, 0.15) is 12.1 Å². The van der Waals surface area contributed by atoms with Gasteiger partial charge in [-0.2, -0.15) is 0 Å². The normalized spacial score (nSPS) is 13.9. The number of rotatable bonds is 51. The first-order valence-corrected chi connectivity index (χ1v) is 28.0. The van der Waals surface area contributed by atoms with Gasteiger partial charge >= 0.3 is 19.8 Å². The monoisotopic (exact) mass is 926 g/mol. The van der Waals surface area contributed by atoms with Crippen molar-refractivity contribution in [1.82, 2.24) is 0 Å². The molecule has 0 aliphatic rings. The first kappa shape index (κ1) is 62.2. The molecule has 10 nitrogen and oxygen atoms in total. The third-order valence-electron chi connectivity index (χ3n) is 11.7. The zero-order valence-corrected chi connectivity index (χ0v) is 42.3. The number of phosphoric ester groups is 1. The molecule has 376 valence electrons. The van der Waals surface area contributed by atoms with Crippen LogP contribution in [0.1, 0.15) is 251 Å². The summed E-state index contributed by atoms with van der Waals surface area (Å²) in [6.07, 6.45) is 57.7. The van der Waals surface area contributed by atoms with Crippen molar-refractivity contribution >= 4 is 19.8 Å². The predicted octanol–water partition coefficient (Wildman–Crippen LogP) is 15.6. The van der Waals surface area contributed by atoms with E-state index in [1.54, 1.807) is 0 Å². The van der Waals surface area contributed by atoms with Crippen molar-refractivity contribution in [3.63, 3.8) is 0 Å². The van der Waals surface area contributed by atoms with Crippen LogP contribution in [0.3, 0.4) is 0 Å². The number of hydrogen-bond donors (Lipinski definition) is 3. The number of nitrogens with two attached hydrogens (primary N) is 1. The van der Waals surface area contributed by atoms with Gasteiger partial charge in [-0.3, -0.25) is 18.6 Å². The highest BCUT2D eigenvalue weighted by atomic mass is 31.2. The fourth-order valence-electron chi connectivity index (χ4n) is 7.55. The molecule has 0 aromatic heterocycles. The first-order chi connectivity index (χ1) is 31.2. The maximum absolute atomic E-state index is 12.7. The molecule has 0 amide bonds. The molecule has 0 aliphatic heterocycles. The van der Waals surface area contributed by atoms with Gasteiger partial charge in [0.05, 0.1) is 19.8 Å². The number of unbranched alkanes of at least 4 members (excludes halogenated alkanes) is 31. The van der Waals surface area contributed by atoms with Crippen LogP contribution in [0.2, 0.25) is 0 Å². The van der Waals surface area contributed by atoms with Gasteiger partial charge in [-0.15, -0.1) is 0 Å². The molecule has 3 atom stereocenters. The van der Waals surface area contributed by atoms with Gasteiger partial charge in [-0.05, 0) is 51.4 Å². The third kappa shape index (κ3) is 48.1. The van der Waals surface area contributed by atoms with Crippen molar-refractivity contribution in [1.29, 1.82) is 0 Å². The van der Waals surface area contributed by atoms with Crippen molar-refractivity contribution in [3.8, 4) is 0 Å². The summed E-state index contributed by atoms with van der Waals surface area (Å²) in [5, 5.41) is 8.93. The van der Waals surface area contributed by atoms with Gasteiger partial charge in [-0.1, -0.05) is 230 Å². The maximum atomic E-state index is 12.7. The molecule has 0 aliphatic carbocycles. The Balaban J connectivity index is 4.11. The predicted molar refractivity (Wildman–Crippen MR) is 268 cm³/mol. The molecule has 11 heteroatoms. The fourth-order valence-corrected chi connectivity index (χ4v) is 8.33. The zero-order chi connectivity index (χ0) is 46.9. The van der Waals surface area contributed by atoms with E-state index in [-0.39, 0.29) is 13.0 Å². The number of allylic oxidation sites excluding steroid dienone is 6. The van der Waals surface area contributed by atoms with Gasteiger partial charge in [0.15, 0.2) is 0 Å². The summed E-state index contributed by atoms with van der Waals surface area (Å²) >= 11 is 0. The lowest BCUT2D eigenvalue weighted by Crippen LogP contribution is -2.34. The number of ether oxygens (including phenoxy) is 2. The van der Waals surface area contributed by atoms with Crippen molar-refractivity contribution in [2.24, 2.45) is 5.73 Å². The lowest BCUT2D eigenvalue weighted by molar-refractivity contribution is -0.154. The van der Waals surface area contributed by atoms with Gasteiger partial charge in [0.25, 0.3) is 0 Å². The van der Waals surface area contributed by atoms with Crippen LogP contribution in [0, 0.1) is 0 Å².